The van der Waals surface area contributed by atoms with E-state index in [1.54, 1.807) is 0 Å². The van der Waals surface area contributed by atoms with Gasteiger partial charge in [-0.05, 0) is 0 Å². The topological polar surface area (TPSA) is 54.4 Å². The highest BCUT2D eigenvalue weighted by Gasteiger charge is 1.77. The molecule has 36 valence electrons. The number of allylic oxidation sites excluding steroid dienone is 1. The molecule has 0 unspecified atom stereocenters. The number of aliphatic hydroxyl groups excluding tert-OH is 1. The summed E-state index contributed by atoms with van der Waals surface area (Å²) in [6.45, 7) is 0. The zero-order valence-electron chi connectivity index (χ0n) is 3.34. The van der Waals surface area contributed by atoms with Crippen molar-refractivity contribution in [3.63, 3.8) is 0 Å². The Balaban J connectivity index is 4.10. The van der Waals surface area contributed by atoms with Gasteiger partial charge >= 0.3 is 0 Å². The van der Waals surface area contributed by atoms with Crippen molar-refractivity contribution >= 4 is 11.9 Å². The molecule has 0 saturated carbocycles. The van der Waals surface area contributed by atoms with E-state index in [-0.39, 0.29) is 0 Å². The molecule has 0 aromatic rings. The van der Waals surface area contributed by atoms with Crippen molar-refractivity contribution in [2.45, 2.75) is 0 Å². The fourth-order valence-corrected chi connectivity index (χ4v) is 0.0853. The van der Waals surface area contributed by atoms with Gasteiger partial charge in [0.2, 0.25) is 5.76 Å². The summed E-state index contributed by atoms with van der Waals surface area (Å²) in [5.41, 5.74) is 0. The quantitative estimate of drug-likeness (QED) is 0.277. The predicted octanol–water partition coefficient (Wildman–Crippen LogP) is -0.352. The molecule has 0 aliphatic heterocycles. The summed E-state index contributed by atoms with van der Waals surface area (Å²) in [6.07, 6.45) is 0.590. The Hall–Kier alpha value is -1.30. The molecule has 0 rings (SSSR count). The maximum Gasteiger partial charge on any atom is 0.212 e. The average Bonchev–Trinajstić information content (AvgIpc) is 1.68. The smallest absolute Gasteiger partial charge is 0.212 e. The molecule has 0 aromatic heterocycles. The summed E-state index contributed by atoms with van der Waals surface area (Å²) in [4.78, 5) is 18.5. The van der Waals surface area contributed by atoms with E-state index in [2.05, 4.69) is 0 Å². The first-order chi connectivity index (χ1) is 3.31. The minimum Gasteiger partial charge on any atom is -0.498 e. The van der Waals surface area contributed by atoms with Crippen LogP contribution in [0.1, 0.15) is 0 Å². The average molecular weight is 98.1 g/mol. The third-order valence-corrected chi connectivity index (χ3v) is 0.300. The lowest BCUT2D eigenvalue weighted by molar-refractivity contribution is 0.431. The summed E-state index contributed by atoms with van der Waals surface area (Å²) in [6, 6.07) is 0. The van der Waals surface area contributed by atoms with E-state index in [1.807, 2.05) is 0 Å². The number of aliphatic hydroxyl groups is 1. The lowest BCUT2D eigenvalue weighted by Crippen LogP contribution is -1.71. The number of rotatable bonds is 1. The third-order valence-electron chi connectivity index (χ3n) is 0.300. The summed E-state index contributed by atoms with van der Waals surface area (Å²) in [5, 5.41) is 8.03. The fraction of sp³-hybridized carbons (Fsp3) is 0. The first-order valence-corrected chi connectivity index (χ1v) is 1.46. The minimum atomic E-state index is -0.727. The molecule has 1 N–H and O–H groups in total. The summed E-state index contributed by atoms with van der Waals surface area (Å²) in [7, 11) is 0. The van der Waals surface area contributed by atoms with Crippen molar-refractivity contribution in [3.8, 4) is 0 Å². The SMILES string of the molecule is O=C=CC(O)=C=O. The Morgan fingerprint density at radius 1 is 1.57 bits per heavy atom. The second-order valence-electron chi connectivity index (χ2n) is 0.749. The van der Waals surface area contributed by atoms with Crippen LogP contribution in [0.4, 0.5) is 0 Å². The zero-order valence-corrected chi connectivity index (χ0v) is 3.34. The van der Waals surface area contributed by atoms with Gasteiger partial charge in [-0.2, -0.15) is 0 Å². The molecule has 0 heterocycles. The van der Waals surface area contributed by atoms with E-state index in [9.17, 15) is 9.59 Å². The molecule has 0 bridgehead atoms. The molecule has 0 amide bonds. The van der Waals surface area contributed by atoms with Crippen molar-refractivity contribution < 1.29 is 14.7 Å². The first-order valence-electron chi connectivity index (χ1n) is 1.46. The predicted molar refractivity (Wildman–Crippen MR) is 22.1 cm³/mol. The second kappa shape index (κ2) is 2.91. The molecule has 0 fully saturated rings. The first kappa shape index (κ1) is 5.70. The highest BCUT2D eigenvalue weighted by molar-refractivity contribution is 5.62. The van der Waals surface area contributed by atoms with Crippen LogP contribution in [-0.2, 0) is 9.59 Å². The Labute approximate surface area is 39.6 Å². The molecule has 0 atom stereocenters. The van der Waals surface area contributed by atoms with E-state index in [0.29, 0.717) is 6.08 Å². The van der Waals surface area contributed by atoms with Gasteiger partial charge < -0.3 is 5.11 Å². The van der Waals surface area contributed by atoms with Crippen molar-refractivity contribution in [3.05, 3.63) is 11.8 Å². The van der Waals surface area contributed by atoms with E-state index < -0.39 is 5.76 Å². The molecule has 0 aromatic carbocycles. The second-order valence-corrected chi connectivity index (χ2v) is 0.749. The van der Waals surface area contributed by atoms with Crippen molar-refractivity contribution in [1.82, 2.24) is 0 Å². The van der Waals surface area contributed by atoms with Crippen LogP contribution in [0.3, 0.4) is 0 Å². The zero-order chi connectivity index (χ0) is 5.70. The highest BCUT2D eigenvalue weighted by atomic mass is 16.3. The van der Waals surface area contributed by atoms with Crippen LogP contribution in [0.25, 0.3) is 0 Å². The Morgan fingerprint density at radius 3 is 2.29 bits per heavy atom. The van der Waals surface area contributed by atoms with Gasteiger partial charge in [0.05, 0.1) is 6.08 Å². The van der Waals surface area contributed by atoms with Crippen molar-refractivity contribution in [2.24, 2.45) is 0 Å². The molecule has 3 nitrogen and oxygen atoms in total. The molecule has 0 spiro atoms. The number of carbonyl (C=O) groups excluding carboxylic acids is 2. The maximum atomic E-state index is 9.27. The molecule has 0 aliphatic carbocycles. The summed E-state index contributed by atoms with van der Waals surface area (Å²) >= 11 is 0. The van der Waals surface area contributed by atoms with Crippen molar-refractivity contribution in [1.29, 1.82) is 0 Å². The van der Waals surface area contributed by atoms with Gasteiger partial charge in [0.25, 0.3) is 0 Å². The number of hydrogen-bond acceptors (Lipinski definition) is 3. The van der Waals surface area contributed by atoms with Crippen LogP contribution in [-0.4, -0.2) is 17.0 Å². The third kappa shape index (κ3) is 2.50. The maximum absolute atomic E-state index is 9.27. The van der Waals surface area contributed by atoms with E-state index >= 15 is 0 Å². The Morgan fingerprint density at radius 2 is 2.14 bits per heavy atom. The minimum absolute atomic E-state index is 0.590. The lowest BCUT2D eigenvalue weighted by atomic mass is 10.6. The lowest BCUT2D eigenvalue weighted by Gasteiger charge is -1.68. The normalized spacial score (nSPS) is 5.71. The van der Waals surface area contributed by atoms with E-state index in [4.69, 9.17) is 5.11 Å². The van der Waals surface area contributed by atoms with Gasteiger partial charge in [-0.25, -0.2) is 9.59 Å². The molecule has 0 aliphatic rings. The monoisotopic (exact) mass is 98.0 g/mol. The van der Waals surface area contributed by atoms with Gasteiger partial charge in [0.15, 0.2) is 5.94 Å². The van der Waals surface area contributed by atoms with Crippen LogP contribution >= 0.6 is 0 Å². The highest BCUT2D eigenvalue weighted by Crippen LogP contribution is 1.73. The fourth-order valence-electron chi connectivity index (χ4n) is 0.0853. The van der Waals surface area contributed by atoms with E-state index in [1.165, 1.54) is 5.94 Å². The van der Waals surface area contributed by atoms with Crippen LogP contribution < -0.4 is 0 Å². The molecule has 7 heavy (non-hydrogen) atoms. The molecule has 3 heteroatoms. The molecule has 0 radical (unpaired) electrons. The van der Waals surface area contributed by atoms with Gasteiger partial charge in [0, 0.05) is 0 Å². The standard InChI is InChI=1S/C4H2O3/c5-2-1-4(7)3-6/h1,7H. The van der Waals surface area contributed by atoms with Crippen molar-refractivity contribution in [2.75, 3.05) is 0 Å². The van der Waals surface area contributed by atoms with E-state index in [0.717, 1.165) is 5.94 Å². The summed E-state index contributed by atoms with van der Waals surface area (Å²) in [5.74, 6) is 1.54. The van der Waals surface area contributed by atoms with Gasteiger partial charge in [0.1, 0.15) is 5.94 Å². The molecular formula is C4H2O3. The molecule has 0 saturated heterocycles. The van der Waals surface area contributed by atoms with Gasteiger partial charge in [-0.3, -0.25) is 0 Å². The Kier molecular flexibility index (Phi) is 2.37. The largest absolute Gasteiger partial charge is 0.498 e. The van der Waals surface area contributed by atoms with Crippen LogP contribution in [0.5, 0.6) is 0 Å². The van der Waals surface area contributed by atoms with Crippen LogP contribution in [0, 0.1) is 0 Å². The van der Waals surface area contributed by atoms with Crippen LogP contribution in [0.2, 0.25) is 0 Å². The summed E-state index contributed by atoms with van der Waals surface area (Å²) < 4.78 is 0. The molecular weight excluding hydrogens is 96.0 g/mol. The van der Waals surface area contributed by atoms with Gasteiger partial charge in [-0.1, -0.05) is 0 Å². The Bertz CT molecular complexity index is 146. The van der Waals surface area contributed by atoms with Gasteiger partial charge in [-0.15, -0.1) is 0 Å². The van der Waals surface area contributed by atoms with Crippen LogP contribution in [0.15, 0.2) is 11.8 Å². The number of hydrogen-bond donors (Lipinski definition) is 1.